The zero-order valence-electron chi connectivity index (χ0n) is 22.6. The standard InChI is InChI=1S/C34H33O2PS2/c1-6-12-24-22-26(18-20-32(24)38-5)34(3,4)27-19-21-33(25(23-27)13-7-2)39-37(35)31-17-11-9-15-29(31)28-14-8-10-16-30(28)36-37/h6-11,14-23H,1-2,12-13H2,3-5H3. The van der Waals surface area contributed by atoms with Crippen molar-refractivity contribution < 1.29 is 9.09 Å². The average molecular weight is 569 g/mol. The van der Waals surface area contributed by atoms with Crippen molar-refractivity contribution >= 4 is 35.0 Å². The lowest BCUT2D eigenvalue weighted by Crippen LogP contribution is -2.20. The molecule has 0 N–H and O–H groups in total. The first kappa shape index (κ1) is 27.6. The van der Waals surface area contributed by atoms with Crippen LogP contribution in [0.4, 0.5) is 0 Å². The van der Waals surface area contributed by atoms with E-state index in [9.17, 15) is 4.57 Å². The molecular formula is C34H33O2PS2. The van der Waals surface area contributed by atoms with E-state index in [1.54, 1.807) is 11.8 Å². The Morgan fingerprint density at radius 2 is 1.36 bits per heavy atom. The maximum absolute atomic E-state index is 14.5. The topological polar surface area (TPSA) is 26.3 Å². The van der Waals surface area contributed by atoms with Crippen LogP contribution < -0.4 is 9.83 Å². The summed E-state index contributed by atoms with van der Waals surface area (Å²) in [6, 6.07) is 29.0. The predicted octanol–water partition coefficient (Wildman–Crippen LogP) is 9.86. The molecule has 0 aliphatic carbocycles. The fourth-order valence-corrected chi connectivity index (χ4v) is 10.2. The molecule has 0 bridgehead atoms. The summed E-state index contributed by atoms with van der Waals surface area (Å²) in [5.74, 6) is 0.666. The molecule has 1 heterocycles. The highest BCUT2D eigenvalue weighted by Crippen LogP contribution is 2.66. The maximum atomic E-state index is 14.5. The Morgan fingerprint density at radius 1 is 0.795 bits per heavy atom. The zero-order valence-corrected chi connectivity index (χ0v) is 25.2. The van der Waals surface area contributed by atoms with Crippen LogP contribution in [-0.2, 0) is 22.8 Å². The average Bonchev–Trinajstić information content (AvgIpc) is 2.94. The van der Waals surface area contributed by atoms with E-state index in [4.69, 9.17) is 4.52 Å². The van der Waals surface area contributed by atoms with Gasteiger partial charge in [-0.2, -0.15) is 0 Å². The molecule has 0 radical (unpaired) electrons. The minimum atomic E-state index is -3.27. The molecule has 0 amide bonds. The molecule has 1 aliphatic rings. The normalized spacial score (nSPS) is 16.1. The smallest absolute Gasteiger partial charge is 0.338 e. The van der Waals surface area contributed by atoms with Crippen LogP contribution in [0.5, 0.6) is 5.75 Å². The summed E-state index contributed by atoms with van der Waals surface area (Å²) in [6.07, 6.45) is 7.51. The largest absolute Gasteiger partial charge is 0.432 e. The fourth-order valence-electron chi connectivity index (χ4n) is 5.11. The number of thioether (sulfide) groups is 1. The first-order chi connectivity index (χ1) is 18.8. The van der Waals surface area contributed by atoms with Gasteiger partial charge in [0.2, 0.25) is 0 Å². The van der Waals surface area contributed by atoms with E-state index < -0.39 is 6.57 Å². The Morgan fingerprint density at radius 3 is 2.00 bits per heavy atom. The minimum absolute atomic E-state index is 0.219. The summed E-state index contributed by atoms with van der Waals surface area (Å²) in [4.78, 5) is 2.24. The summed E-state index contributed by atoms with van der Waals surface area (Å²) >= 11 is 3.11. The Balaban J connectivity index is 1.54. The summed E-state index contributed by atoms with van der Waals surface area (Å²) < 4.78 is 20.8. The van der Waals surface area contributed by atoms with Gasteiger partial charge in [-0.25, -0.2) is 0 Å². The van der Waals surface area contributed by atoms with Crippen LogP contribution in [0.3, 0.4) is 0 Å². The van der Waals surface area contributed by atoms with Crippen molar-refractivity contribution in [3.63, 3.8) is 0 Å². The number of fused-ring (bicyclic) bond motifs is 3. The fraction of sp³-hybridized carbons (Fsp3) is 0.176. The lowest BCUT2D eigenvalue weighted by molar-refractivity contribution is 0.508. The summed E-state index contributed by atoms with van der Waals surface area (Å²) in [5, 5.41) is 0.756. The second kappa shape index (κ2) is 11.3. The SMILES string of the molecule is C=CCc1cc(C(C)(C)c2ccc(SP3(=O)Oc4ccccc4-c4ccccc43)c(CC=C)c2)ccc1SC. The van der Waals surface area contributed by atoms with Gasteiger partial charge in [-0.1, -0.05) is 86.7 Å². The number of rotatable bonds is 9. The van der Waals surface area contributed by atoms with Gasteiger partial charge < -0.3 is 4.52 Å². The van der Waals surface area contributed by atoms with E-state index in [0.29, 0.717) is 12.2 Å². The molecule has 5 heteroatoms. The van der Waals surface area contributed by atoms with Crippen molar-refractivity contribution in [2.24, 2.45) is 0 Å². The van der Waals surface area contributed by atoms with Gasteiger partial charge in [0.25, 0.3) is 0 Å². The Kier molecular flexibility index (Phi) is 8.01. The van der Waals surface area contributed by atoms with Crippen LogP contribution >= 0.6 is 29.7 Å². The Labute approximate surface area is 240 Å². The van der Waals surface area contributed by atoms with E-state index in [1.807, 2.05) is 60.7 Å². The van der Waals surface area contributed by atoms with Gasteiger partial charge in [0.05, 0.1) is 5.30 Å². The number of para-hydroxylation sites is 1. The van der Waals surface area contributed by atoms with E-state index in [0.717, 1.165) is 33.3 Å². The molecule has 0 aromatic heterocycles. The third kappa shape index (κ3) is 5.31. The van der Waals surface area contributed by atoms with Gasteiger partial charge in [-0.05, 0) is 77.0 Å². The van der Waals surface area contributed by atoms with Gasteiger partial charge in [0, 0.05) is 26.3 Å². The third-order valence-electron chi connectivity index (χ3n) is 7.33. The van der Waals surface area contributed by atoms with Gasteiger partial charge in [-0.3, -0.25) is 4.57 Å². The second-order valence-corrected chi connectivity index (χ2v) is 15.3. The number of hydrogen-bond donors (Lipinski definition) is 0. The van der Waals surface area contributed by atoms with Crippen LogP contribution in [0.25, 0.3) is 11.1 Å². The number of allylic oxidation sites excluding steroid dienone is 2. The first-order valence-corrected chi connectivity index (χ1v) is 17.3. The van der Waals surface area contributed by atoms with Crippen molar-refractivity contribution in [3.05, 3.63) is 132 Å². The van der Waals surface area contributed by atoms with E-state index in [-0.39, 0.29) is 5.41 Å². The highest BCUT2D eigenvalue weighted by molar-refractivity contribution is 8.59. The predicted molar refractivity (Wildman–Crippen MR) is 170 cm³/mol. The van der Waals surface area contributed by atoms with Gasteiger partial charge >= 0.3 is 6.57 Å². The van der Waals surface area contributed by atoms with Crippen LogP contribution in [-0.4, -0.2) is 6.26 Å². The molecule has 5 rings (SSSR count). The first-order valence-electron chi connectivity index (χ1n) is 13.0. The molecule has 1 atom stereocenters. The van der Waals surface area contributed by atoms with E-state index >= 15 is 0 Å². The summed E-state index contributed by atoms with van der Waals surface area (Å²) in [7, 11) is 0. The molecule has 2 nitrogen and oxygen atoms in total. The molecule has 0 fully saturated rings. The molecule has 39 heavy (non-hydrogen) atoms. The molecule has 0 saturated carbocycles. The van der Waals surface area contributed by atoms with Crippen molar-refractivity contribution in [1.29, 1.82) is 0 Å². The minimum Gasteiger partial charge on any atom is -0.432 e. The van der Waals surface area contributed by atoms with E-state index in [1.165, 1.54) is 33.0 Å². The van der Waals surface area contributed by atoms with Crippen molar-refractivity contribution in [3.8, 4) is 16.9 Å². The second-order valence-electron chi connectivity index (χ2n) is 10.2. The van der Waals surface area contributed by atoms with Crippen LogP contribution in [0, 0.1) is 0 Å². The summed E-state index contributed by atoms with van der Waals surface area (Å²) in [6.45, 7) is 9.21. The van der Waals surface area contributed by atoms with E-state index in [2.05, 4.69) is 69.7 Å². The van der Waals surface area contributed by atoms with Gasteiger partial charge in [0.15, 0.2) is 0 Å². The van der Waals surface area contributed by atoms with Crippen molar-refractivity contribution in [2.45, 2.75) is 41.9 Å². The lowest BCUT2D eigenvalue weighted by Gasteiger charge is -2.30. The number of benzene rings is 4. The Bertz CT molecular complexity index is 1600. The maximum Gasteiger partial charge on any atom is 0.338 e. The number of hydrogen-bond acceptors (Lipinski definition) is 4. The molecule has 4 aromatic rings. The lowest BCUT2D eigenvalue weighted by atomic mass is 9.77. The van der Waals surface area contributed by atoms with Crippen LogP contribution in [0.15, 0.2) is 120 Å². The molecule has 1 aliphatic heterocycles. The van der Waals surface area contributed by atoms with Crippen molar-refractivity contribution in [1.82, 2.24) is 0 Å². The third-order valence-corrected chi connectivity index (χ3v) is 12.5. The zero-order chi connectivity index (χ0) is 27.6. The van der Waals surface area contributed by atoms with Crippen LogP contribution in [0.2, 0.25) is 0 Å². The summed E-state index contributed by atoms with van der Waals surface area (Å²) in [5.41, 5.74) is 6.60. The monoisotopic (exact) mass is 568 g/mol. The Hall–Kier alpha value is -2.91. The molecular weight excluding hydrogens is 535 g/mol. The van der Waals surface area contributed by atoms with Crippen molar-refractivity contribution in [2.75, 3.05) is 6.26 Å². The van der Waals surface area contributed by atoms with Crippen LogP contribution in [0.1, 0.15) is 36.1 Å². The highest BCUT2D eigenvalue weighted by atomic mass is 32.7. The quantitative estimate of drug-likeness (QED) is 0.114. The highest BCUT2D eigenvalue weighted by Gasteiger charge is 2.38. The molecule has 198 valence electrons. The van der Waals surface area contributed by atoms with Gasteiger partial charge in [-0.15, -0.1) is 24.9 Å². The van der Waals surface area contributed by atoms with Gasteiger partial charge in [0.1, 0.15) is 5.75 Å². The molecule has 0 saturated heterocycles. The molecule has 0 spiro atoms. The molecule has 1 unspecified atom stereocenters. The molecule has 4 aromatic carbocycles.